The minimum atomic E-state index is 0.00137. The number of nitrogens with zero attached hydrogens (tertiary/aromatic N) is 3. The molecule has 0 spiro atoms. The molecule has 26 heavy (non-hydrogen) atoms. The van der Waals surface area contributed by atoms with Gasteiger partial charge in [0.05, 0.1) is 11.0 Å². The molecule has 0 radical (unpaired) electrons. The van der Waals surface area contributed by atoms with Crippen LogP contribution in [0.3, 0.4) is 0 Å². The fourth-order valence-electron chi connectivity index (χ4n) is 4.05. The van der Waals surface area contributed by atoms with Gasteiger partial charge in [-0.05, 0) is 42.6 Å². The molecule has 0 fully saturated rings. The van der Waals surface area contributed by atoms with Crippen LogP contribution in [0.15, 0.2) is 65.6 Å². The van der Waals surface area contributed by atoms with E-state index in [1.807, 2.05) is 55.2 Å². The van der Waals surface area contributed by atoms with E-state index in [0.717, 1.165) is 27.5 Å². The molecule has 2 aromatic carbocycles. The number of pyridine rings is 1. The summed E-state index contributed by atoms with van der Waals surface area (Å²) in [6.45, 7) is 2.10. The van der Waals surface area contributed by atoms with Crippen molar-refractivity contribution in [1.29, 1.82) is 0 Å². The predicted octanol–water partition coefficient (Wildman–Crippen LogP) is 4.28. The lowest BCUT2D eigenvalue weighted by Gasteiger charge is -2.10. The van der Waals surface area contributed by atoms with Crippen LogP contribution < -0.4 is 5.56 Å². The minimum absolute atomic E-state index is 0.00137. The number of aryl methyl sites for hydroxylation is 3. The van der Waals surface area contributed by atoms with E-state index < -0.39 is 0 Å². The van der Waals surface area contributed by atoms with Crippen molar-refractivity contribution in [2.45, 2.75) is 6.92 Å². The van der Waals surface area contributed by atoms with Crippen LogP contribution in [0.1, 0.15) is 5.56 Å². The van der Waals surface area contributed by atoms with E-state index >= 15 is 0 Å². The van der Waals surface area contributed by atoms with Gasteiger partial charge in [0.1, 0.15) is 11.3 Å². The van der Waals surface area contributed by atoms with Gasteiger partial charge in [0.15, 0.2) is 0 Å². The number of para-hydroxylation sites is 1. The van der Waals surface area contributed by atoms with Crippen molar-refractivity contribution in [1.82, 2.24) is 13.7 Å². The highest BCUT2D eigenvalue weighted by atomic mass is 16.1. The molecule has 4 heteroatoms. The molecule has 4 nitrogen and oxygen atoms in total. The summed E-state index contributed by atoms with van der Waals surface area (Å²) in [6.07, 6.45) is 1.98. The summed E-state index contributed by atoms with van der Waals surface area (Å²) < 4.78 is 5.85. The first-order valence-corrected chi connectivity index (χ1v) is 8.71. The van der Waals surface area contributed by atoms with Crippen LogP contribution in [0.25, 0.3) is 38.5 Å². The van der Waals surface area contributed by atoms with E-state index in [2.05, 4.69) is 35.8 Å². The van der Waals surface area contributed by atoms with Crippen LogP contribution in [0.5, 0.6) is 0 Å². The second-order valence-corrected chi connectivity index (χ2v) is 6.96. The molecule has 0 aliphatic heterocycles. The molecule has 3 aromatic heterocycles. The lowest BCUT2D eigenvalue weighted by Crippen LogP contribution is -2.22. The van der Waals surface area contributed by atoms with Crippen LogP contribution in [-0.2, 0) is 14.1 Å². The molecule has 0 aliphatic carbocycles. The van der Waals surface area contributed by atoms with Gasteiger partial charge < -0.3 is 9.13 Å². The van der Waals surface area contributed by atoms with Crippen LogP contribution in [0.4, 0.5) is 0 Å². The molecule has 0 saturated carbocycles. The number of fused-ring (bicyclic) bond motifs is 4. The number of rotatable bonds is 1. The topological polar surface area (TPSA) is 31.9 Å². The van der Waals surface area contributed by atoms with Gasteiger partial charge in [-0.3, -0.25) is 9.36 Å². The molecular formula is C22H19N3O. The van der Waals surface area contributed by atoms with Crippen molar-refractivity contribution in [3.63, 3.8) is 0 Å². The normalized spacial score (nSPS) is 11.8. The molecule has 5 aromatic rings. The molecule has 0 aliphatic rings. The van der Waals surface area contributed by atoms with Gasteiger partial charge in [0.2, 0.25) is 0 Å². The van der Waals surface area contributed by atoms with Crippen LogP contribution in [0.2, 0.25) is 0 Å². The summed E-state index contributed by atoms with van der Waals surface area (Å²) in [6, 6.07) is 18.6. The second kappa shape index (κ2) is 5.11. The number of hydrogen-bond acceptors (Lipinski definition) is 1. The fourth-order valence-corrected chi connectivity index (χ4v) is 4.05. The van der Waals surface area contributed by atoms with E-state index in [1.54, 1.807) is 4.57 Å². The molecule has 0 atom stereocenters. The van der Waals surface area contributed by atoms with E-state index in [4.69, 9.17) is 0 Å². The van der Waals surface area contributed by atoms with Gasteiger partial charge in [-0.2, -0.15) is 0 Å². The summed E-state index contributed by atoms with van der Waals surface area (Å²) in [4.78, 5) is 13.1. The van der Waals surface area contributed by atoms with Crippen molar-refractivity contribution >= 4 is 32.8 Å². The third-order valence-electron chi connectivity index (χ3n) is 5.34. The third-order valence-corrected chi connectivity index (χ3v) is 5.34. The Labute approximate surface area is 150 Å². The summed E-state index contributed by atoms with van der Waals surface area (Å²) in [5, 5.41) is 3.40. The smallest absolute Gasteiger partial charge is 0.276 e. The Bertz CT molecular complexity index is 1380. The summed E-state index contributed by atoms with van der Waals surface area (Å²) in [7, 11) is 3.87. The maximum Gasteiger partial charge on any atom is 0.276 e. The van der Waals surface area contributed by atoms with Crippen molar-refractivity contribution in [2.75, 3.05) is 0 Å². The lowest BCUT2D eigenvalue weighted by molar-refractivity contribution is 0.833. The van der Waals surface area contributed by atoms with Crippen molar-refractivity contribution in [2.24, 2.45) is 14.1 Å². The summed E-state index contributed by atoms with van der Waals surface area (Å²) in [5.41, 5.74) is 5.01. The van der Waals surface area contributed by atoms with Gasteiger partial charge >= 0.3 is 0 Å². The van der Waals surface area contributed by atoms with Crippen LogP contribution in [-0.4, -0.2) is 13.7 Å². The third kappa shape index (κ3) is 1.87. The van der Waals surface area contributed by atoms with Gasteiger partial charge in [-0.25, -0.2) is 0 Å². The Morgan fingerprint density at radius 1 is 0.808 bits per heavy atom. The monoisotopic (exact) mass is 341 g/mol. The number of benzene rings is 2. The standard InChI is InChI=1S/C22H19N3O/c1-14-8-9-19-16(12-14)17-13-20(22(26)24(3)21(17)23(19)2)25-11-10-15-6-4-5-7-18(15)25/h4-13H,1-3H3. The molecular weight excluding hydrogens is 322 g/mol. The molecule has 5 rings (SSSR count). The Balaban J connectivity index is 1.96. The van der Waals surface area contributed by atoms with E-state index in [9.17, 15) is 4.79 Å². The quantitative estimate of drug-likeness (QED) is 0.448. The Morgan fingerprint density at radius 3 is 2.46 bits per heavy atom. The average molecular weight is 341 g/mol. The van der Waals surface area contributed by atoms with Gasteiger partial charge in [0.25, 0.3) is 5.56 Å². The Hall–Kier alpha value is -3.27. The van der Waals surface area contributed by atoms with Crippen LogP contribution in [0, 0.1) is 6.92 Å². The minimum Gasteiger partial charge on any atom is -0.330 e. The number of hydrogen-bond donors (Lipinski definition) is 0. The molecule has 0 bridgehead atoms. The molecule has 0 unspecified atom stereocenters. The van der Waals surface area contributed by atoms with Crippen LogP contribution >= 0.6 is 0 Å². The van der Waals surface area contributed by atoms with E-state index in [0.29, 0.717) is 5.69 Å². The maximum atomic E-state index is 13.1. The van der Waals surface area contributed by atoms with Gasteiger partial charge in [0, 0.05) is 31.1 Å². The van der Waals surface area contributed by atoms with E-state index in [-0.39, 0.29) is 5.56 Å². The first-order chi connectivity index (χ1) is 12.6. The SMILES string of the molecule is Cc1ccc2c(c1)c1cc(-n3ccc4ccccc43)c(=O)n(C)c1n2C. The van der Waals surface area contributed by atoms with Crippen molar-refractivity contribution < 1.29 is 0 Å². The Morgan fingerprint density at radius 2 is 1.62 bits per heavy atom. The average Bonchev–Trinajstić information content (AvgIpc) is 3.18. The largest absolute Gasteiger partial charge is 0.330 e. The zero-order chi connectivity index (χ0) is 18.0. The summed E-state index contributed by atoms with van der Waals surface area (Å²) >= 11 is 0. The zero-order valence-corrected chi connectivity index (χ0v) is 15.0. The first kappa shape index (κ1) is 15.0. The fraction of sp³-hybridized carbons (Fsp3) is 0.136. The predicted molar refractivity (Wildman–Crippen MR) is 107 cm³/mol. The highest BCUT2D eigenvalue weighted by molar-refractivity contribution is 6.07. The molecule has 0 N–H and O–H groups in total. The van der Waals surface area contributed by atoms with Crippen molar-refractivity contribution in [3.05, 3.63) is 76.7 Å². The first-order valence-electron chi connectivity index (χ1n) is 8.71. The molecule has 128 valence electrons. The Kier molecular flexibility index (Phi) is 2.95. The highest BCUT2D eigenvalue weighted by Gasteiger charge is 2.16. The molecule has 0 saturated heterocycles. The summed E-state index contributed by atoms with van der Waals surface area (Å²) in [5.74, 6) is 0. The van der Waals surface area contributed by atoms with Gasteiger partial charge in [-0.15, -0.1) is 0 Å². The highest BCUT2D eigenvalue weighted by Crippen LogP contribution is 2.30. The molecule has 0 amide bonds. The lowest BCUT2D eigenvalue weighted by atomic mass is 10.1. The van der Waals surface area contributed by atoms with Gasteiger partial charge in [-0.1, -0.05) is 29.8 Å². The second-order valence-electron chi connectivity index (χ2n) is 6.96. The number of aromatic nitrogens is 3. The maximum absolute atomic E-state index is 13.1. The van der Waals surface area contributed by atoms with Crippen molar-refractivity contribution in [3.8, 4) is 5.69 Å². The zero-order valence-electron chi connectivity index (χ0n) is 15.0. The van der Waals surface area contributed by atoms with E-state index in [1.165, 1.54) is 10.9 Å². The molecule has 3 heterocycles.